The summed E-state index contributed by atoms with van der Waals surface area (Å²) in [7, 11) is 1.81. The van der Waals surface area contributed by atoms with Crippen LogP contribution in [0, 0.1) is 6.92 Å². The molecule has 0 aliphatic rings. The molecule has 0 fully saturated rings. The Morgan fingerprint density at radius 1 is 1.29 bits per heavy atom. The molecule has 2 N–H and O–H groups in total. The number of hydrogen-bond acceptors (Lipinski definition) is 4. The molecule has 3 aromatic rings. The molecule has 0 saturated heterocycles. The Morgan fingerprint density at radius 2 is 2.12 bits per heavy atom. The van der Waals surface area contributed by atoms with Crippen molar-refractivity contribution in [1.29, 1.82) is 0 Å². The van der Waals surface area contributed by atoms with Gasteiger partial charge in [-0.2, -0.15) is 5.10 Å². The second-order valence-electron chi connectivity index (χ2n) is 4.02. The van der Waals surface area contributed by atoms with E-state index in [2.05, 4.69) is 10.3 Å². The van der Waals surface area contributed by atoms with E-state index in [1.807, 2.05) is 32.2 Å². The number of nitrogens with two attached hydrogens (primary N) is 1. The van der Waals surface area contributed by atoms with Crippen molar-refractivity contribution in [3.8, 4) is 11.1 Å². The van der Waals surface area contributed by atoms with Crippen LogP contribution in [0.25, 0.3) is 22.1 Å². The summed E-state index contributed by atoms with van der Waals surface area (Å²) in [5, 5.41) is 9.12. The van der Waals surface area contributed by atoms with Gasteiger partial charge in [0.15, 0.2) is 5.58 Å². The summed E-state index contributed by atoms with van der Waals surface area (Å²) in [4.78, 5) is 0. The summed E-state index contributed by atoms with van der Waals surface area (Å²) in [5.41, 5.74) is 9.40. The lowest BCUT2D eigenvalue weighted by molar-refractivity contribution is 0.451. The molecule has 1 aromatic carbocycles. The van der Waals surface area contributed by atoms with Crippen molar-refractivity contribution >= 4 is 16.8 Å². The third-order valence-electron chi connectivity index (χ3n) is 2.95. The van der Waals surface area contributed by atoms with Crippen molar-refractivity contribution in [3.63, 3.8) is 0 Å². The topological polar surface area (TPSA) is 69.9 Å². The molecule has 86 valence electrons. The van der Waals surface area contributed by atoms with E-state index in [1.165, 1.54) is 0 Å². The predicted molar refractivity (Wildman–Crippen MR) is 65.4 cm³/mol. The van der Waals surface area contributed by atoms with Gasteiger partial charge in [-0.1, -0.05) is 17.3 Å². The summed E-state index contributed by atoms with van der Waals surface area (Å²) in [6, 6.07) is 5.91. The van der Waals surface area contributed by atoms with Crippen LogP contribution in [0.3, 0.4) is 0 Å². The van der Waals surface area contributed by atoms with Crippen molar-refractivity contribution in [3.05, 3.63) is 30.1 Å². The molecule has 0 saturated carbocycles. The molecule has 0 spiro atoms. The zero-order valence-electron chi connectivity index (χ0n) is 9.64. The van der Waals surface area contributed by atoms with Crippen LogP contribution >= 0.6 is 0 Å². The second kappa shape index (κ2) is 3.35. The zero-order valence-corrected chi connectivity index (χ0v) is 9.64. The average Bonchev–Trinajstić information content (AvgIpc) is 2.86. The molecule has 0 atom stereocenters. The van der Waals surface area contributed by atoms with E-state index >= 15 is 0 Å². The van der Waals surface area contributed by atoms with Crippen LogP contribution in [0.4, 0.5) is 5.82 Å². The fourth-order valence-corrected chi connectivity index (χ4v) is 1.95. The Kier molecular flexibility index (Phi) is 1.95. The Morgan fingerprint density at radius 3 is 2.82 bits per heavy atom. The van der Waals surface area contributed by atoms with Gasteiger partial charge in [0, 0.05) is 23.6 Å². The van der Waals surface area contributed by atoms with E-state index in [9.17, 15) is 0 Å². The lowest BCUT2D eigenvalue weighted by Crippen LogP contribution is -1.98. The highest BCUT2D eigenvalue weighted by Crippen LogP contribution is 2.32. The van der Waals surface area contributed by atoms with E-state index in [4.69, 9.17) is 10.3 Å². The van der Waals surface area contributed by atoms with E-state index < -0.39 is 0 Å². The third kappa shape index (κ3) is 1.32. The number of benzene rings is 1. The minimum absolute atomic E-state index is 0.617. The van der Waals surface area contributed by atoms with Gasteiger partial charge >= 0.3 is 0 Å². The summed E-state index contributed by atoms with van der Waals surface area (Å²) >= 11 is 0. The summed E-state index contributed by atoms with van der Waals surface area (Å²) < 4.78 is 6.99. The van der Waals surface area contributed by atoms with Gasteiger partial charge in [0.1, 0.15) is 5.82 Å². The van der Waals surface area contributed by atoms with Crippen molar-refractivity contribution in [1.82, 2.24) is 14.9 Å². The van der Waals surface area contributed by atoms with Gasteiger partial charge in [0.25, 0.3) is 0 Å². The molecular weight excluding hydrogens is 216 g/mol. The smallest absolute Gasteiger partial charge is 0.175 e. The van der Waals surface area contributed by atoms with E-state index in [0.29, 0.717) is 5.82 Å². The van der Waals surface area contributed by atoms with Gasteiger partial charge in [0.05, 0.1) is 11.9 Å². The molecule has 0 amide bonds. The molecule has 2 heterocycles. The van der Waals surface area contributed by atoms with Crippen molar-refractivity contribution in [2.45, 2.75) is 6.92 Å². The molecule has 17 heavy (non-hydrogen) atoms. The minimum atomic E-state index is 0.617. The van der Waals surface area contributed by atoms with Crippen LogP contribution in [0.1, 0.15) is 5.69 Å². The van der Waals surface area contributed by atoms with Crippen LogP contribution in [0.5, 0.6) is 0 Å². The highest BCUT2D eigenvalue weighted by molar-refractivity contribution is 5.95. The molecule has 5 nitrogen and oxygen atoms in total. The van der Waals surface area contributed by atoms with Crippen molar-refractivity contribution in [2.24, 2.45) is 7.05 Å². The number of para-hydroxylation sites is 1. The maximum absolute atomic E-state index is 5.97. The summed E-state index contributed by atoms with van der Waals surface area (Å²) in [6.45, 7) is 1.92. The maximum Gasteiger partial charge on any atom is 0.175 e. The Hall–Kier alpha value is -2.30. The number of anilines is 1. The first-order chi connectivity index (χ1) is 8.18. The molecule has 0 unspecified atom stereocenters. The van der Waals surface area contributed by atoms with Gasteiger partial charge in [0.2, 0.25) is 0 Å². The van der Waals surface area contributed by atoms with Crippen LogP contribution in [-0.2, 0) is 7.05 Å². The monoisotopic (exact) mass is 228 g/mol. The van der Waals surface area contributed by atoms with Crippen LogP contribution in [0.15, 0.2) is 28.9 Å². The molecule has 5 heteroatoms. The minimum Gasteiger partial charge on any atom is -0.383 e. The maximum atomic E-state index is 5.97. The molecular formula is C12H12N4O. The van der Waals surface area contributed by atoms with Gasteiger partial charge in [-0.05, 0) is 13.0 Å². The van der Waals surface area contributed by atoms with Gasteiger partial charge in [-0.3, -0.25) is 4.68 Å². The Labute approximate surface area is 97.8 Å². The van der Waals surface area contributed by atoms with E-state index in [1.54, 1.807) is 10.9 Å². The van der Waals surface area contributed by atoms with Gasteiger partial charge < -0.3 is 10.3 Å². The fourth-order valence-electron chi connectivity index (χ4n) is 1.95. The zero-order chi connectivity index (χ0) is 12.0. The van der Waals surface area contributed by atoms with Crippen LogP contribution < -0.4 is 5.73 Å². The summed E-state index contributed by atoms with van der Waals surface area (Å²) in [5.74, 6) is 0.617. The number of hydrogen-bond donors (Lipinski definition) is 1. The number of fused-ring (bicyclic) bond motifs is 1. The van der Waals surface area contributed by atoms with Gasteiger partial charge in [-0.15, -0.1) is 0 Å². The number of aryl methyl sites for hydroxylation is 2. The van der Waals surface area contributed by atoms with E-state index in [0.717, 1.165) is 27.8 Å². The first-order valence-electron chi connectivity index (χ1n) is 5.31. The van der Waals surface area contributed by atoms with Crippen LogP contribution in [-0.4, -0.2) is 14.9 Å². The molecule has 3 rings (SSSR count). The fraction of sp³-hybridized carbons (Fsp3) is 0.167. The Bertz CT molecular complexity index is 696. The lowest BCUT2D eigenvalue weighted by Gasteiger charge is -2.00. The number of aromatic nitrogens is 3. The quantitative estimate of drug-likeness (QED) is 0.692. The highest BCUT2D eigenvalue weighted by atomic mass is 16.5. The summed E-state index contributed by atoms with van der Waals surface area (Å²) in [6.07, 6.45) is 1.74. The molecule has 2 aromatic heterocycles. The largest absolute Gasteiger partial charge is 0.383 e. The molecule has 0 bridgehead atoms. The van der Waals surface area contributed by atoms with Crippen molar-refractivity contribution in [2.75, 3.05) is 5.73 Å². The normalized spacial score (nSPS) is 11.2. The SMILES string of the molecule is Cc1noc2c(-c3cnn(C)c3N)cccc12. The first kappa shape index (κ1) is 9.89. The number of rotatable bonds is 1. The van der Waals surface area contributed by atoms with Gasteiger partial charge in [-0.25, -0.2) is 0 Å². The molecule has 0 aliphatic carbocycles. The second-order valence-corrected chi connectivity index (χ2v) is 4.02. The molecule has 0 radical (unpaired) electrons. The van der Waals surface area contributed by atoms with E-state index in [-0.39, 0.29) is 0 Å². The van der Waals surface area contributed by atoms with Crippen LogP contribution in [0.2, 0.25) is 0 Å². The predicted octanol–water partition coefficient (Wildman–Crippen LogP) is 2.12. The average molecular weight is 228 g/mol. The number of nitrogens with zero attached hydrogens (tertiary/aromatic N) is 3. The molecule has 0 aliphatic heterocycles. The van der Waals surface area contributed by atoms with Crippen molar-refractivity contribution < 1.29 is 4.52 Å². The highest BCUT2D eigenvalue weighted by Gasteiger charge is 2.14. The third-order valence-corrected chi connectivity index (χ3v) is 2.95. The first-order valence-corrected chi connectivity index (χ1v) is 5.31. The Balaban J connectivity index is 2.34. The lowest BCUT2D eigenvalue weighted by atomic mass is 10.1. The number of nitrogen functional groups attached to an aromatic ring is 1. The standard InChI is InChI=1S/C12H12N4O/c1-7-8-4-3-5-9(11(8)17-15-7)10-6-14-16(2)12(10)13/h3-6H,13H2,1-2H3.